The standard InChI is InChI=1S/C18H28N2O/c1-13(2)14-5-6-17-15(11-14)16(20(3)4)12-18(21-17)7-9-19-10-8-18/h5-6,11,13,16,19H,7-10,12H2,1-4H3. The van der Waals surface area contributed by atoms with E-state index in [1.54, 1.807) is 0 Å². The predicted octanol–water partition coefficient (Wildman–Crippen LogP) is 3.32. The Hall–Kier alpha value is -1.06. The van der Waals surface area contributed by atoms with Crippen molar-refractivity contribution < 1.29 is 4.74 Å². The van der Waals surface area contributed by atoms with Crippen LogP contribution in [-0.2, 0) is 0 Å². The van der Waals surface area contributed by atoms with Gasteiger partial charge in [-0.25, -0.2) is 0 Å². The number of nitrogens with one attached hydrogen (secondary N) is 1. The van der Waals surface area contributed by atoms with Crippen LogP contribution in [0.15, 0.2) is 18.2 Å². The summed E-state index contributed by atoms with van der Waals surface area (Å²) in [6.07, 6.45) is 3.33. The van der Waals surface area contributed by atoms with Crippen LogP contribution in [0.3, 0.4) is 0 Å². The third-order valence-electron chi connectivity index (χ3n) is 5.09. The SMILES string of the molecule is CC(C)c1ccc2c(c1)C(N(C)C)CC1(CCNCC1)O2. The second-order valence-electron chi connectivity index (χ2n) is 7.17. The minimum Gasteiger partial charge on any atom is -0.487 e. The zero-order valence-corrected chi connectivity index (χ0v) is 13.8. The van der Waals surface area contributed by atoms with Crippen molar-refractivity contribution in [2.75, 3.05) is 27.2 Å². The number of fused-ring (bicyclic) bond motifs is 1. The van der Waals surface area contributed by atoms with E-state index in [-0.39, 0.29) is 5.60 Å². The Bertz CT molecular complexity index is 504. The molecule has 0 aromatic heterocycles. The number of nitrogens with zero attached hydrogens (tertiary/aromatic N) is 1. The lowest BCUT2D eigenvalue weighted by atomic mass is 9.80. The van der Waals surface area contributed by atoms with Gasteiger partial charge in [0.2, 0.25) is 0 Å². The van der Waals surface area contributed by atoms with Crippen LogP contribution in [-0.4, -0.2) is 37.7 Å². The minimum atomic E-state index is 0.0343. The largest absolute Gasteiger partial charge is 0.487 e. The van der Waals surface area contributed by atoms with Gasteiger partial charge in [0.15, 0.2) is 0 Å². The first kappa shape index (κ1) is 14.9. The van der Waals surface area contributed by atoms with E-state index in [4.69, 9.17) is 4.74 Å². The van der Waals surface area contributed by atoms with Gasteiger partial charge in [0, 0.05) is 18.0 Å². The quantitative estimate of drug-likeness (QED) is 0.903. The molecule has 1 unspecified atom stereocenters. The normalized spacial score (nSPS) is 24.2. The fourth-order valence-electron chi connectivity index (χ4n) is 3.67. The van der Waals surface area contributed by atoms with Crippen molar-refractivity contribution in [1.29, 1.82) is 0 Å². The van der Waals surface area contributed by atoms with Crippen LogP contribution < -0.4 is 10.1 Å². The molecule has 116 valence electrons. The van der Waals surface area contributed by atoms with Crippen molar-refractivity contribution in [3.05, 3.63) is 29.3 Å². The molecule has 0 saturated carbocycles. The summed E-state index contributed by atoms with van der Waals surface area (Å²) in [6.45, 7) is 6.65. The van der Waals surface area contributed by atoms with Crippen molar-refractivity contribution in [3.63, 3.8) is 0 Å². The average molecular weight is 288 g/mol. The summed E-state index contributed by atoms with van der Waals surface area (Å²) in [7, 11) is 4.38. The molecule has 1 spiro atoms. The zero-order valence-electron chi connectivity index (χ0n) is 13.8. The van der Waals surface area contributed by atoms with E-state index in [9.17, 15) is 0 Å². The van der Waals surface area contributed by atoms with Gasteiger partial charge in [-0.2, -0.15) is 0 Å². The highest BCUT2D eigenvalue weighted by molar-refractivity contribution is 5.43. The van der Waals surface area contributed by atoms with E-state index in [0.717, 1.165) is 38.1 Å². The highest BCUT2D eigenvalue weighted by Gasteiger charge is 2.42. The average Bonchev–Trinajstić information content (AvgIpc) is 2.46. The molecule has 0 radical (unpaired) electrons. The first-order valence-electron chi connectivity index (χ1n) is 8.21. The summed E-state index contributed by atoms with van der Waals surface area (Å²) in [5.41, 5.74) is 2.81. The van der Waals surface area contributed by atoms with Crippen molar-refractivity contribution in [3.8, 4) is 5.75 Å². The molecule has 2 aliphatic heterocycles. The van der Waals surface area contributed by atoms with Crippen LogP contribution in [0.1, 0.15) is 56.2 Å². The van der Waals surface area contributed by atoms with E-state index in [0.29, 0.717) is 12.0 Å². The van der Waals surface area contributed by atoms with Gasteiger partial charge in [-0.05, 0) is 57.6 Å². The van der Waals surface area contributed by atoms with Crippen LogP contribution in [0.25, 0.3) is 0 Å². The maximum Gasteiger partial charge on any atom is 0.124 e. The van der Waals surface area contributed by atoms with Crippen LogP contribution in [0.2, 0.25) is 0 Å². The lowest BCUT2D eigenvalue weighted by molar-refractivity contribution is -0.0118. The van der Waals surface area contributed by atoms with Crippen LogP contribution in [0, 0.1) is 0 Å². The lowest BCUT2D eigenvalue weighted by Crippen LogP contribution is -2.50. The second kappa shape index (κ2) is 5.62. The highest BCUT2D eigenvalue weighted by atomic mass is 16.5. The molecule has 1 saturated heterocycles. The molecule has 0 bridgehead atoms. The predicted molar refractivity (Wildman–Crippen MR) is 87.0 cm³/mol. The maximum atomic E-state index is 6.51. The molecule has 0 aliphatic carbocycles. The van der Waals surface area contributed by atoms with Crippen molar-refractivity contribution in [2.24, 2.45) is 0 Å². The molecule has 1 N–H and O–H groups in total. The minimum absolute atomic E-state index is 0.0343. The number of hydrogen-bond donors (Lipinski definition) is 1. The molecule has 3 heteroatoms. The second-order valence-corrected chi connectivity index (χ2v) is 7.17. The molecule has 1 atom stereocenters. The lowest BCUT2D eigenvalue weighted by Gasteiger charge is -2.46. The van der Waals surface area contributed by atoms with Gasteiger partial charge in [0.1, 0.15) is 11.4 Å². The first-order chi connectivity index (χ1) is 10.0. The van der Waals surface area contributed by atoms with Crippen LogP contribution in [0.5, 0.6) is 5.75 Å². The summed E-state index contributed by atoms with van der Waals surface area (Å²) in [5, 5.41) is 3.45. The van der Waals surface area contributed by atoms with Gasteiger partial charge in [0.25, 0.3) is 0 Å². The van der Waals surface area contributed by atoms with Gasteiger partial charge >= 0.3 is 0 Å². The smallest absolute Gasteiger partial charge is 0.124 e. The number of ether oxygens (including phenoxy) is 1. The fraction of sp³-hybridized carbons (Fsp3) is 0.667. The molecule has 0 amide bonds. The molecular weight excluding hydrogens is 260 g/mol. The molecule has 2 heterocycles. The summed E-state index contributed by atoms with van der Waals surface area (Å²) < 4.78 is 6.51. The molecule has 2 aliphatic rings. The van der Waals surface area contributed by atoms with E-state index in [1.165, 1.54) is 11.1 Å². The summed E-state index contributed by atoms with van der Waals surface area (Å²) in [5.74, 6) is 1.67. The number of rotatable bonds is 2. The van der Waals surface area contributed by atoms with Gasteiger partial charge in [-0.1, -0.05) is 26.0 Å². The molecule has 1 aromatic carbocycles. The molecule has 3 nitrogen and oxygen atoms in total. The Morgan fingerprint density at radius 2 is 1.95 bits per heavy atom. The van der Waals surface area contributed by atoms with E-state index in [1.807, 2.05) is 0 Å². The van der Waals surface area contributed by atoms with Gasteiger partial charge in [-0.3, -0.25) is 0 Å². The third-order valence-corrected chi connectivity index (χ3v) is 5.09. The molecule has 3 rings (SSSR count). The van der Waals surface area contributed by atoms with Gasteiger partial charge < -0.3 is 15.0 Å². The Morgan fingerprint density at radius 3 is 2.57 bits per heavy atom. The molecular formula is C18H28N2O. The van der Waals surface area contributed by atoms with Crippen molar-refractivity contribution in [1.82, 2.24) is 10.2 Å². The summed E-state index contributed by atoms with van der Waals surface area (Å²) in [4.78, 5) is 2.36. The zero-order chi connectivity index (χ0) is 15.0. The Morgan fingerprint density at radius 1 is 1.24 bits per heavy atom. The van der Waals surface area contributed by atoms with E-state index < -0.39 is 0 Å². The molecule has 1 fully saturated rings. The summed E-state index contributed by atoms with van der Waals surface area (Å²) in [6, 6.07) is 7.25. The number of benzene rings is 1. The highest BCUT2D eigenvalue weighted by Crippen LogP contribution is 2.46. The van der Waals surface area contributed by atoms with Crippen molar-refractivity contribution in [2.45, 2.75) is 50.7 Å². The monoisotopic (exact) mass is 288 g/mol. The topological polar surface area (TPSA) is 24.5 Å². The number of piperidine rings is 1. The molecule has 21 heavy (non-hydrogen) atoms. The van der Waals surface area contributed by atoms with E-state index in [2.05, 4.69) is 56.4 Å². The van der Waals surface area contributed by atoms with E-state index >= 15 is 0 Å². The third kappa shape index (κ3) is 2.82. The Labute approximate surface area is 128 Å². The fourth-order valence-corrected chi connectivity index (χ4v) is 3.67. The van der Waals surface area contributed by atoms with Gasteiger partial charge in [0.05, 0.1) is 0 Å². The van der Waals surface area contributed by atoms with Crippen molar-refractivity contribution >= 4 is 0 Å². The molecule has 1 aromatic rings. The van der Waals surface area contributed by atoms with Gasteiger partial charge in [-0.15, -0.1) is 0 Å². The Kier molecular flexibility index (Phi) is 3.98. The van der Waals surface area contributed by atoms with Crippen LogP contribution in [0.4, 0.5) is 0 Å². The summed E-state index contributed by atoms with van der Waals surface area (Å²) >= 11 is 0. The maximum absolute atomic E-state index is 6.51. The first-order valence-corrected chi connectivity index (χ1v) is 8.21. The van der Waals surface area contributed by atoms with Crippen LogP contribution >= 0.6 is 0 Å². The number of hydrogen-bond acceptors (Lipinski definition) is 3. The Balaban J connectivity index is 1.98.